The molecule has 2 heterocycles. The largest absolute Gasteiger partial charge is 0.365 e. The number of para-hydroxylation sites is 1. The summed E-state index contributed by atoms with van der Waals surface area (Å²) in [7, 11) is 2.02. The molecule has 3 aromatic rings. The van der Waals surface area contributed by atoms with E-state index in [1.54, 1.807) is 12.1 Å². The molecule has 0 amide bonds. The molecule has 0 radical (unpaired) electrons. The van der Waals surface area contributed by atoms with Crippen LogP contribution in [0.3, 0.4) is 0 Å². The van der Waals surface area contributed by atoms with Gasteiger partial charge >= 0.3 is 0 Å². The molecule has 4 rings (SSSR count). The molecular weight excluding hydrogens is 341 g/mol. The molecule has 0 spiro atoms. The number of nitrogens with one attached hydrogen (secondary N) is 2. The predicted octanol–water partition coefficient (Wildman–Crippen LogP) is 3.57. The van der Waals surface area contributed by atoms with Gasteiger partial charge in [0.1, 0.15) is 11.6 Å². The number of benzene rings is 2. The van der Waals surface area contributed by atoms with Gasteiger partial charge in [-0.2, -0.15) is 4.98 Å². The minimum Gasteiger partial charge on any atom is -0.365 e. The molecule has 0 unspecified atom stereocenters. The maximum absolute atomic E-state index is 13.1. The van der Waals surface area contributed by atoms with Gasteiger partial charge in [0.05, 0.1) is 5.52 Å². The van der Waals surface area contributed by atoms with Crippen molar-refractivity contribution in [3.05, 3.63) is 59.9 Å². The molecule has 0 bridgehead atoms. The highest BCUT2D eigenvalue weighted by molar-refractivity contribution is 5.90. The molecule has 0 saturated carbocycles. The molecule has 0 aliphatic carbocycles. The van der Waals surface area contributed by atoms with Crippen LogP contribution in [0.4, 0.5) is 16.2 Å². The first-order chi connectivity index (χ1) is 13.2. The fourth-order valence-corrected chi connectivity index (χ4v) is 3.50. The first-order valence-corrected chi connectivity index (χ1v) is 9.40. The molecule has 27 heavy (non-hydrogen) atoms. The van der Waals surface area contributed by atoms with Gasteiger partial charge in [-0.05, 0) is 49.7 Å². The molecule has 6 heteroatoms. The molecule has 140 valence electrons. The lowest BCUT2D eigenvalue weighted by Crippen LogP contribution is -2.41. The van der Waals surface area contributed by atoms with E-state index in [1.807, 2.05) is 31.3 Å². The van der Waals surface area contributed by atoms with E-state index >= 15 is 0 Å². The van der Waals surface area contributed by atoms with Gasteiger partial charge in [-0.1, -0.05) is 24.3 Å². The maximum Gasteiger partial charge on any atom is 0.227 e. The molecule has 1 aliphatic rings. The van der Waals surface area contributed by atoms with Crippen LogP contribution in [-0.4, -0.2) is 36.1 Å². The van der Waals surface area contributed by atoms with Crippen LogP contribution in [0.5, 0.6) is 0 Å². The number of fused-ring (bicyclic) bond motifs is 1. The van der Waals surface area contributed by atoms with E-state index in [0.29, 0.717) is 12.6 Å². The van der Waals surface area contributed by atoms with Gasteiger partial charge in [-0.15, -0.1) is 0 Å². The Morgan fingerprint density at radius 1 is 1.04 bits per heavy atom. The van der Waals surface area contributed by atoms with Crippen molar-refractivity contribution >= 4 is 22.7 Å². The van der Waals surface area contributed by atoms with Crippen molar-refractivity contribution in [1.82, 2.24) is 15.3 Å². The van der Waals surface area contributed by atoms with Crippen molar-refractivity contribution in [2.75, 3.05) is 30.4 Å². The topological polar surface area (TPSA) is 53.1 Å². The zero-order valence-electron chi connectivity index (χ0n) is 15.5. The first-order valence-electron chi connectivity index (χ1n) is 9.40. The average molecular weight is 365 g/mol. The molecular formula is C21H24FN5. The number of rotatable bonds is 5. The second-order valence-corrected chi connectivity index (χ2v) is 6.92. The number of piperidine rings is 1. The van der Waals surface area contributed by atoms with Gasteiger partial charge in [0.15, 0.2) is 0 Å². The Bertz CT molecular complexity index is 904. The summed E-state index contributed by atoms with van der Waals surface area (Å²) in [5, 5.41) is 7.76. The highest BCUT2D eigenvalue weighted by Crippen LogP contribution is 2.25. The second kappa shape index (κ2) is 7.88. The molecule has 2 N–H and O–H groups in total. The van der Waals surface area contributed by atoms with Crippen LogP contribution >= 0.6 is 0 Å². The Morgan fingerprint density at radius 3 is 2.52 bits per heavy atom. The lowest BCUT2D eigenvalue weighted by molar-refractivity contribution is 0.439. The van der Waals surface area contributed by atoms with Crippen LogP contribution in [0.25, 0.3) is 10.9 Å². The maximum atomic E-state index is 13.1. The summed E-state index contributed by atoms with van der Waals surface area (Å²) in [5.74, 6) is 1.36. The smallest absolute Gasteiger partial charge is 0.227 e. The minimum absolute atomic E-state index is 0.224. The number of hydrogen-bond donors (Lipinski definition) is 2. The number of halogens is 1. The monoisotopic (exact) mass is 365 g/mol. The Kier molecular flexibility index (Phi) is 5.16. The van der Waals surface area contributed by atoms with E-state index in [0.717, 1.165) is 54.2 Å². The third-order valence-corrected chi connectivity index (χ3v) is 5.15. The number of nitrogens with zero attached hydrogens (tertiary/aromatic N) is 3. The van der Waals surface area contributed by atoms with Crippen LogP contribution in [0.2, 0.25) is 0 Å². The number of anilines is 2. The van der Waals surface area contributed by atoms with Crippen molar-refractivity contribution in [3.8, 4) is 0 Å². The molecule has 1 aromatic heterocycles. The summed E-state index contributed by atoms with van der Waals surface area (Å²) < 4.78 is 13.1. The number of aromatic nitrogens is 2. The van der Waals surface area contributed by atoms with E-state index in [9.17, 15) is 4.39 Å². The van der Waals surface area contributed by atoms with Crippen LogP contribution in [0, 0.1) is 5.82 Å². The highest BCUT2D eigenvalue weighted by atomic mass is 19.1. The predicted molar refractivity (Wildman–Crippen MR) is 108 cm³/mol. The van der Waals surface area contributed by atoms with Crippen molar-refractivity contribution < 1.29 is 4.39 Å². The van der Waals surface area contributed by atoms with Crippen LogP contribution in [0.15, 0.2) is 48.5 Å². The fourth-order valence-electron chi connectivity index (χ4n) is 3.50. The van der Waals surface area contributed by atoms with Crippen molar-refractivity contribution in [2.24, 2.45) is 0 Å². The quantitative estimate of drug-likeness (QED) is 0.724. The Labute approximate surface area is 158 Å². The highest BCUT2D eigenvalue weighted by Gasteiger charge is 2.21. The van der Waals surface area contributed by atoms with Gasteiger partial charge in [0.2, 0.25) is 5.95 Å². The average Bonchev–Trinajstić information content (AvgIpc) is 2.73. The van der Waals surface area contributed by atoms with E-state index in [-0.39, 0.29) is 5.82 Å². The lowest BCUT2D eigenvalue weighted by Gasteiger charge is -2.32. The van der Waals surface area contributed by atoms with Gasteiger partial charge < -0.3 is 15.5 Å². The van der Waals surface area contributed by atoms with Crippen LogP contribution < -0.4 is 15.5 Å². The van der Waals surface area contributed by atoms with Gasteiger partial charge in [0.25, 0.3) is 0 Å². The Hall–Kier alpha value is -2.73. The summed E-state index contributed by atoms with van der Waals surface area (Å²) >= 11 is 0. The molecule has 5 nitrogen and oxygen atoms in total. The summed E-state index contributed by atoms with van der Waals surface area (Å²) in [6.45, 7) is 2.48. The third-order valence-electron chi connectivity index (χ3n) is 5.15. The molecule has 0 atom stereocenters. The number of hydrogen-bond acceptors (Lipinski definition) is 5. The van der Waals surface area contributed by atoms with E-state index in [2.05, 4.69) is 15.5 Å². The Morgan fingerprint density at radius 2 is 1.78 bits per heavy atom. The van der Waals surface area contributed by atoms with Gasteiger partial charge in [-0.3, -0.25) is 0 Å². The molecule has 2 aromatic carbocycles. The molecule has 1 fully saturated rings. The zero-order valence-corrected chi connectivity index (χ0v) is 15.5. The molecule has 1 saturated heterocycles. The SMILES string of the molecule is CNC1CCN(c2nc(NCc3ccc(F)cc3)c3ccccc3n2)CC1. The van der Waals surface area contributed by atoms with Crippen molar-refractivity contribution in [2.45, 2.75) is 25.4 Å². The first kappa shape index (κ1) is 17.7. The van der Waals surface area contributed by atoms with Crippen LogP contribution in [0.1, 0.15) is 18.4 Å². The molecule has 1 aliphatic heterocycles. The van der Waals surface area contributed by atoms with Crippen molar-refractivity contribution in [1.29, 1.82) is 0 Å². The van der Waals surface area contributed by atoms with Crippen molar-refractivity contribution in [3.63, 3.8) is 0 Å². The minimum atomic E-state index is -0.224. The standard InChI is InChI=1S/C21H24FN5/c1-23-17-10-12-27(13-11-17)21-25-19-5-3-2-4-18(19)20(26-21)24-14-15-6-8-16(22)9-7-15/h2-9,17,23H,10-14H2,1H3,(H,24,25,26). The van der Waals surface area contributed by atoms with E-state index < -0.39 is 0 Å². The third kappa shape index (κ3) is 4.01. The van der Waals surface area contributed by atoms with Gasteiger partial charge in [-0.25, -0.2) is 9.37 Å². The van der Waals surface area contributed by atoms with Crippen LogP contribution in [-0.2, 0) is 6.54 Å². The summed E-state index contributed by atoms with van der Waals surface area (Å²) in [6, 6.07) is 15.1. The summed E-state index contributed by atoms with van der Waals surface area (Å²) in [4.78, 5) is 11.9. The fraction of sp³-hybridized carbons (Fsp3) is 0.333. The van der Waals surface area contributed by atoms with E-state index in [1.165, 1.54) is 12.1 Å². The Balaban J connectivity index is 1.59. The summed E-state index contributed by atoms with van der Waals surface area (Å²) in [6.07, 6.45) is 2.18. The normalized spacial score (nSPS) is 15.3. The van der Waals surface area contributed by atoms with Gasteiger partial charge in [0, 0.05) is 31.1 Å². The lowest BCUT2D eigenvalue weighted by atomic mass is 10.1. The van der Waals surface area contributed by atoms with E-state index in [4.69, 9.17) is 9.97 Å². The summed E-state index contributed by atoms with van der Waals surface area (Å²) in [5.41, 5.74) is 1.94. The zero-order chi connectivity index (χ0) is 18.6. The second-order valence-electron chi connectivity index (χ2n) is 6.92.